The average molecular weight is 526 g/mol. The summed E-state index contributed by atoms with van der Waals surface area (Å²) in [6, 6.07) is 8.18. The van der Waals surface area contributed by atoms with Crippen LogP contribution >= 0.6 is 0 Å². The van der Waals surface area contributed by atoms with Gasteiger partial charge in [0.15, 0.2) is 0 Å². The van der Waals surface area contributed by atoms with Crippen LogP contribution in [0.3, 0.4) is 0 Å². The van der Waals surface area contributed by atoms with E-state index in [4.69, 9.17) is 9.47 Å². The third kappa shape index (κ3) is 7.07. The fraction of sp³-hybridized carbons (Fsp3) is 0.621. The summed E-state index contributed by atoms with van der Waals surface area (Å²) in [5, 5.41) is 7.59. The Labute approximate surface area is 226 Å². The molecule has 38 heavy (non-hydrogen) atoms. The molecule has 0 radical (unpaired) electrons. The summed E-state index contributed by atoms with van der Waals surface area (Å²) in [7, 11) is 3.61. The molecule has 1 aromatic heterocycles. The second-order valence-electron chi connectivity index (χ2n) is 11.6. The zero-order chi connectivity index (χ0) is 27.3. The Morgan fingerprint density at radius 2 is 1.74 bits per heavy atom. The Morgan fingerprint density at radius 3 is 2.39 bits per heavy atom. The van der Waals surface area contributed by atoms with Gasteiger partial charge in [-0.25, -0.2) is 4.79 Å². The van der Waals surface area contributed by atoms with E-state index in [1.54, 1.807) is 18.2 Å². The summed E-state index contributed by atoms with van der Waals surface area (Å²) < 4.78 is 12.8. The second kappa shape index (κ2) is 12.2. The summed E-state index contributed by atoms with van der Waals surface area (Å²) in [6.07, 6.45) is 5.08. The number of carbonyl (C=O) groups is 2. The Morgan fingerprint density at radius 1 is 1.05 bits per heavy atom. The van der Waals surface area contributed by atoms with Gasteiger partial charge in [0.1, 0.15) is 11.4 Å². The molecule has 0 saturated carbocycles. The molecule has 0 atom stereocenters. The van der Waals surface area contributed by atoms with Crippen molar-refractivity contribution in [1.82, 2.24) is 24.9 Å². The van der Waals surface area contributed by atoms with Gasteiger partial charge in [-0.15, -0.1) is 0 Å². The van der Waals surface area contributed by atoms with Crippen molar-refractivity contribution < 1.29 is 19.1 Å². The van der Waals surface area contributed by atoms with E-state index in [2.05, 4.69) is 27.4 Å². The highest BCUT2D eigenvalue weighted by Gasteiger charge is 2.31. The first-order valence-corrected chi connectivity index (χ1v) is 13.8. The zero-order valence-corrected chi connectivity index (χ0v) is 23.5. The highest BCUT2D eigenvalue weighted by atomic mass is 16.6. The largest absolute Gasteiger partial charge is 0.496 e. The number of nitrogens with one attached hydrogen (secondary N) is 1. The molecular formula is C29H43N5O4. The Balaban J connectivity index is 1.26. The van der Waals surface area contributed by atoms with Gasteiger partial charge in [0.25, 0.3) is 5.91 Å². The van der Waals surface area contributed by atoms with Crippen LogP contribution in [0.5, 0.6) is 5.75 Å². The van der Waals surface area contributed by atoms with E-state index in [-0.39, 0.29) is 17.9 Å². The molecule has 0 unspecified atom stereocenters. The number of rotatable bonds is 7. The number of carbonyl (C=O) groups excluding carboxylic acids is 2. The first kappa shape index (κ1) is 28.0. The SMILES string of the molecule is COc1ccccc1CN1CCC(CNC(=O)c2cnn(C)c2C2CCN(C(=O)OC(C)(C)C)CC2)CC1. The van der Waals surface area contributed by atoms with Crippen LogP contribution in [0.1, 0.15) is 74.0 Å². The normalized spacial score (nSPS) is 17.9. The molecule has 1 N–H and O–H groups in total. The van der Waals surface area contributed by atoms with Crippen molar-refractivity contribution in [3.8, 4) is 5.75 Å². The molecule has 9 nitrogen and oxygen atoms in total. The van der Waals surface area contributed by atoms with Crippen LogP contribution in [-0.4, -0.2) is 77.0 Å². The maximum atomic E-state index is 13.2. The molecule has 2 fully saturated rings. The lowest BCUT2D eigenvalue weighted by atomic mass is 9.91. The van der Waals surface area contributed by atoms with Crippen LogP contribution in [0, 0.1) is 5.92 Å². The maximum Gasteiger partial charge on any atom is 0.410 e. The molecule has 2 saturated heterocycles. The second-order valence-corrected chi connectivity index (χ2v) is 11.6. The van der Waals surface area contributed by atoms with Crippen molar-refractivity contribution in [2.45, 2.75) is 64.5 Å². The third-order valence-corrected chi connectivity index (χ3v) is 7.61. The molecule has 3 heterocycles. The van der Waals surface area contributed by atoms with E-state index in [9.17, 15) is 9.59 Å². The van der Waals surface area contributed by atoms with E-state index < -0.39 is 5.60 Å². The van der Waals surface area contributed by atoms with E-state index in [1.165, 1.54) is 5.56 Å². The molecule has 4 rings (SSSR count). The highest BCUT2D eigenvalue weighted by Crippen LogP contribution is 2.31. The number of likely N-dealkylation sites (tertiary alicyclic amines) is 2. The van der Waals surface area contributed by atoms with Crippen LogP contribution < -0.4 is 10.1 Å². The van der Waals surface area contributed by atoms with Crippen molar-refractivity contribution in [1.29, 1.82) is 0 Å². The molecular weight excluding hydrogens is 482 g/mol. The fourth-order valence-electron chi connectivity index (χ4n) is 5.52. The van der Waals surface area contributed by atoms with Crippen molar-refractivity contribution in [3.63, 3.8) is 0 Å². The highest BCUT2D eigenvalue weighted by molar-refractivity contribution is 5.95. The van der Waals surface area contributed by atoms with Crippen LogP contribution in [0.4, 0.5) is 4.79 Å². The quantitative estimate of drug-likeness (QED) is 0.583. The third-order valence-electron chi connectivity index (χ3n) is 7.61. The van der Waals surface area contributed by atoms with Gasteiger partial charge in [-0.2, -0.15) is 5.10 Å². The van der Waals surface area contributed by atoms with E-state index in [0.717, 1.165) is 56.8 Å². The number of para-hydroxylation sites is 1. The number of aromatic nitrogens is 2. The van der Waals surface area contributed by atoms with Gasteiger partial charge in [0.05, 0.1) is 24.6 Å². The molecule has 2 aliphatic rings. The number of hydrogen-bond acceptors (Lipinski definition) is 6. The minimum absolute atomic E-state index is 0.0564. The van der Waals surface area contributed by atoms with E-state index in [0.29, 0.717) is 31.1 Å². The minimum atomic E-state index is -0.507. The standard InChI is InChI=1S/C29H43N5O4/c1-29(2,3)38-28(36)34-16-12-22(13-17-34)26-24(19-31-32(26)4)27(35)30-18-21-10-14-33(15-11-21)20-23-8-6-7-9-25(23)37-5/h6-9,19,21-22H,10-18,20H2,1-5H3,(H,30,35). The van der Waals surface area contributed by atoms with Crippen LogP contribution in [0.25, 0.3) is 0 Å². The Hall–Kier alpha value is -3.07. The average Bonchev–Trinajstić information content (AvgIpc) is 3.29. The number of ether oxygens (including phenoxy) is 2. The first-order valence-electron chi connectivity index (χ1n) is 13.8. The molecule has 9 heteroatoms. The fourth-order valence-corrected chi connectivity index (χ4v) is 5.52. The van der Waals surface area contributed by atoms with Crippen molar-refractivity contribution in [2.75, 3.05) is 39.8 Å². The molecule has 0 bridgehead atoms. The van der Waals surface area contributed by atoms with Crippen molar-refractivity contribution in [2.24, 2.45) is 13.0 Å². The molecule has 2 amide bonds. The Bertz CT molecular complexity index is 1090. The van der Waals surface area contributed by atoms with Gasteiger partial charge < -0.3 is 19.7 Å². The predicted octanol–water partition coefficient (Wildman–Crippen LogP) is 4.19. The lowest BCUT2D eigenvalue weighted by molar-refractivity contribution is 0.0203. The summed E-state index contributed by atoms with van der Waals surface area (Å²) in [4.78, 5) is 29.9. The van der Waals surface area contributed by atoms with Crippen LogP contribution in [0.15, 0.2) is 30.5 Å². The topological polar surface area (TPSA) is 88.9 Å². The zero-order valence-electron chi connectivity index (χ0n) is 23.5. The number of benzene rings is 1. The number of piperidine rings is 2. The van der Waals surface area contributed by atoms with Gasteiger partial charge >= 0.3 is 6.09 Å². The number of aryl methyl sites for hydroxylation is 1. The Kier molecular flexibility index (Phi) is 8.97. The van der Waals surface area contributed by atoms with Gasteiger partial charge in [0, 0.05) is 44.7 Å². The maximum absolute atomic E-state index is 13.2. The van der Waals surface area contributed by atoms with Gasteiger partial charge in [-0.1, -0.05) is 18.2 Å². The van der Waals surface area contributed by atoms with Crippen molar-refractivity contribution >= 4 is 12.0 Å². The minimum Gasteiger partial charge on any atom is -0.496 e. The molecule has 0 aliphatic carbocycles. The van der Waals surface area contributed by atoms with Gasteiger partial charge in [-0.3, -0.25) is 14.4 Å². The van der Waals surface area contributed by atoms with E-state index in [1.807, 2.05) is 44.6 Å². The molecule has 2 aliphatic heterocycles. The molecule has 0 spiro atoms. The number of nitrogens with zero attached hydrogens (tertiary/aromatic N) is 4. The molecule has 2 aromatic rings. The van der Waals surface area contributed by atoms with Gasteiger partial charge in [0.2, 0.25) is 0 Å². The monoisotopic (exact) mass is 525 g/mol. The van der Waals surface area contributed by atoms with Crippen LogP contribution in [0.2, 0.25) is 0 Å². The van der Waals surface area contributed by atoms with Gasteiger partial charge in [-0.05, 0) is 71.5 Å². The smallest absolute Gasteiger partial charge is 0.410 e. The summed E-state index contributed by atoms with van der Waals surface area (Å²) >= 11 is 0. The molecule has 1 aromatic carbocycles. The number of methoxy groups -OCH3 is 1. The lowest BCUT2D eigenvalue weighted by Crippen LogP contribution is -2.42. The number of hydrogen-bond donors (Lipinski definition) is 1. The number of amides is 2. The lowest BCUT2D eigenvalue weighted by Gasteiger charge is -2.34. The summed E-state index contributed by atoms with van der Waals surface area (Å²) in [6.45, 7) is 10.4. The predicted molar refractivity (Wildman–Crippen MR) is 146 cm³/mol. The van der Waals surface area contributed by atoms with E-state index >= 15 is 0 Å². The van der Waals surface area contributed by atoms with Crippen LogP contribution in [-0.2, 0) is 18.3 Å². The van der Waals surface area contributed by atoms with Crippen molar-refractivity contribution in [3.05, 3.63) is 47.3 Å². The molecule has 208 valence electrons. The summed E-state index contributed by atoms with van der Waals surface area (Å²) in [5.41, 5.74) is 2.31. The summed E-state index contributed by atoms with van der Waals surface area (Å²) in [5.74, 6) is 1.52. The first-order chi connectivity index (χ1) is 18.1.